The maximum absolute atomic E-state index is 14.0. The van der Waals surface area contributed by atoms with E-state index in [1.807, 2.05) is 0 Å². The number of benzene rings is 1. The van der Waals surface area contributed by atoms with E-state index in [0.717, 1.165) is 25.3 Å². The lowest BCUT2D eigenvalue weighted by Crippen LogP contribution is -2.32. The zero-order valence-electron chi connectivity index (χ0n) is 11.6. The summed E-state index contributed by atoms with van der Waals surface area (Å²) in [7, 11) is 0. The summed E-state index contributed by atoms with van der Waals surface area (Å²) in [6.45, 7) is 2.97. The van der Waals surface area contributed by atoms with Crippen molar-refractivity contribution >= 4 is 11.6 Å². The van der Waals surface area contributed by atoms with Crippen LogP contribution < -0.4 is 0 Å². The highest BCUT2D eigenvalue weighted by molar-refractivity contribution is 5.95. The van der Waals surface area contributed by atoms with Gasteiger partial charge in [0.15, 0.2) is 0 Å². The van der Waals surface area contributed by atoms with Gasteiger partial charge in [-0.15, -0.1) is 0 Å². The molecule has 7 heteroatoms. The van der Waals surface area contributed by atoms with Crippen LogP contribution in [0.1, 0.15) is 36.5 Å². The molecule has 0 radical (unpaired) electrons. The fourth-order valence-corrected chi connectivity index (χ4v) is 2.50. The van der Waals surface area contributed by atoms with E-state index in [1.54, 1.807) is 0 Å². The first-order chi connectivity index (χ1) is 9.90. The summed E-state index contributed by atoms with van der Waals surface area (Å²) >= 11 is 0. The third-order valence-corrected chi connectivity index (χ3v) is 3.75. The molecule has 1 aliphatic rings. The predicted molar refractivity (Wildman–Crippen MR) is 71.9 cm³/mol. The molecule has 1 heterocycles. The number of rotatable bonds is 2. The number of likely N-dealkylation sites (tertiary alicyclic amines) is 1. The first-order valence-electron chi connectivity index (χ1n) is 6.83. The summed E-state index contributed by atoms with van der Waals surface area (Å²) in [6, 6.07) is 1.20. The van der Waals surface area contributed by atoms with Gasteiger partial charge >= 0.3 is 5.69 Å². The molecule has 0 aliphatic carbocycles. The molecule has 0 bridgehead atoms. The van der Waals surface area contributed by atoms with E-state index in [-0.39, 0.29) is 0 Å². The molecule has 5 nitrogen and oxygen atoms in total. The van der Waals surface area contributed by atoms with E-state index in [2.05, 4.69) is 6.92 Å². The molecule has 1 fully saturated rings. The number of carbonyl (C=O) groups excluding carboxylic acids is 1. The molecule has 1 unspecified atom stereocenters. The van der Waals surface area contributed by atoms with Gasteiger partial charge in [-0.2, -0.15) is 4.39 Å². The Kier molecular flexibility index (Phi) is 4.50. The quantitative estimate of drug-likeness (QED) is 0.622. The number of hydrogen-bond donors (Lipinski definition) is 0. The van der Waals surface area contributed by atoms with Crippen molar-refractivity contribution in [3.8, 4) is 0 Å². The molecule has 0 saturated carbocycles. The normalized spacial score (nSPS) is 19.2. The van der Waals surface area contributed by atoms with Crippen molar-refractivity contribution in [2.75, 3.05) is 13.1 Å². The highest BCUT2D eigenvalue weighted by Gasteiger charge is 2.28. The minimum Gasteiger partial charge on any atom is -0.339 e. The molecular formula is C14H16F2N2O3. The predicted octanol–water partition coefficient (Wildman–Crippen LogP) is 3.14. The average molecular weight is 298 g/mol. The van der Waals surface area contributed by atoms with Gasteiger partial charge in [-0.25, -0.2) is 4.39 Å². The summed E-state index contributed by atoms with van der Waals surface area (Å²) in [5, 5.41) is 10.7. The van der Waals surface area contributed by atoms with E-state index in [9.17, 15) is 23.7 Å². The van der Waals surface area contributed by atoms with E-state index in [0.29, 0.717) is 25.1 Å². The van der Waals surface area contributed by atoms with E-state index in [4.69, 9.17) is 0 Å². The van der Waals surface area contributed by atoms with Gasteiger partial charge in [-0.05, 0) is 31.2 Å². The average Bonchev–Trinajstić information content (AvgIpc) is 2.64. The second-order valence-electron chi connectivity index (χ2n) is 5.37. The van der Waals surface area contributed by atoms with Gasteiger partial charge in [0.2, 0.25) is 5.82 Å². The second-order valence-corrected chi connectivity index (χ2v) is 5.37. The summed E-state index contributed by atoms with van der Waals surface area (Å²) in [5.74, 6) is -2.49. The Hall–Kier alpha value is -2.05. The lowest BCUT2D eigenvalue weighted by molar-refractivity contribution is -0.387. The minimum absolute atomic E-state index is 0.448. The van der Waals surface area contributed by atoms with Crippen LogP contribution in [0.4, 0.5) is 14.5 Å². The van der Waals surface area contributed by atoms with Gasteiger partial charge in [0.05, 0.1) is 16.6 Å². The Morgan fingerprint density at radius 3 is 2.71 bits per heavy atom. The van der Waals surface area contributed by atoms with Crippen molar-refractivity contribution in [2.45, 2.75) is 26.2 Å². The van der Waals surface area contributed by atoms with Crippen LogP contribution >= 0.6 is 0 Å². The smallest absolute Gasteiger partial charge is 0.308 e. The second kappa shape index (κ2) is 6.15. The Morgan fingerprint density at radius 1 is 1.33 bits per heavy atom. The van der Waals surface area contributed by atoms with Crippen LogP contribution in [0.25, 0.3) is 0 Å². The minimum atomic E-state index is -1.27. The number of nitrogens with zero attached hydrogens (tertiary/aromatic N) is 2. The van der Waals surface area contributed by atoms with Gasteiger partial charge in [0.1, 0.15) is 5.82 Å². The topological polar surface area (TPSA) is 63.5 Å². The zero-order chi connectivity index (χ0) is 15.6. The van der Waals surface area contributed by atoms with Crippen LogP contribution in [0, 0.1) is 27.7 Å². The molecule has 21 heavy (non-hydrogen) atoms. The van der Waals surface area contributed by atoms with Gasteiger partial charge in [0.25, 0.3) is 5.91 Å². The third kappa shape index (κ3) is 3.34. The Labute approximate surface area is 120 Å². The maximum Gasteiger partial charge on any atom is 0.308 e. The molecule has 0 spiro atoms. The first kappa shape index (κ1) is 15.3. The molecule has 1 aromatic rings. The molecule has 114 valence electrons. The summed E-state index contributed by atoms with van der Waals surface area (Å²) in [4.78, 5) is 23.4. The largest absolute Gasteiger partial charge is 0.339 e. The molecule has 0 aromatic heterocycles. The van der Waals surface area contributed by atoms with Crippen molar-refractivity contribution in [2.24, 2.45) is 5.92 Å². The van der Waals surface area contributed by atoms with E-state index >= 15 is 0 Å². The fourth-order valence-electron chi connectivity index (χ4n) is 2.50. The number of hydrogen-bond acceptors (Lipinski definition) is 3. The number of nitro benzene ring substituents is 1. The van der Waals surface area contributed by atoms with Crippen LogP contribution in [0.3, 0.4) is 0 Å². The monoisotopic (exact) mass is 298 g/mol. The number of nitro groups is 1. The maximum atomic E-state index is 14.0. The lowest BCUT2D eigenvalue weighted by Gasteiger charge is -2.20. The van der Waals surface area contributed by atoms with Crippen molar-refractivity contribution in [1.82, 2.24) is 4.90 Å². The van der Waals surface area contributed by atoms with Gasteiger partial charge in [-0.3, -0.25) is 14.9 Å². The SMILES string of the molecule is CC1CCCN(C(=O)c2cc(F)cc([N+](=O)[O-])c2F)CC1. The van der Waals surface area contributed by atoms with Gasteiger partial charge in [0, 0.05) is 13.1 Å². The molecule has 1 saturated heterocycles. The van der Waals surface area contributed by atoms with E-state index < -0.39 is 33.7 Å². The Balaban J connectivity index is 2.32. The van der Waals surface area contributed by atoms with Gasteiger partial charge in [-0.1, -0.05) is 6.92 Å². The third-order valence-electron chi connectivity index (χ3n) is 3.75. The molecule has 1 atom stereocenters. The highest BCUT2D eigenvalue weighted by Crippen LogP contribution is 2.25. The molecule has 1 amide bonds. The first-order valence-corrected chi connectivity index (χ1v) is 6.83. The standard InChI is InChI=1S/C14H16F2N2O3/c1-9-3-2-5-17(6-4-9)14(19)11-7-10(15)8-12(13(11)16)18(20)21/h7-9H,2-6H2,1H3. The van der Waals surface area contributed by atoms with Crippen molar-refractivity contribution in [3.63, 3.8) is 0 Å². The molecule has 2 rings (SSSR count). The molecule has 1 aromatic carbocycles. The van der Waals surface area contributed by atoms with Crippen molar-refractivity contribution < 1.29 is 18.5 Å². The molecule has 1 aliphatic heterocycles. The van der Waals surface area contributed by atoms with E-state index in [1.165, 1.54) is 4.90 Å². The molecular weight excluding hydrogens is 282 g/mol. The van der Waals surface area contributed by atoms with Crippen LogP contribution in [0.5, 0.6) is 0 Å². The summed E-state index contributed by atoms with van der Waals surface area (Å²) in [5.41, 5.74) is -1.59. The highest BCUT2D eigenvalue weighted by atomic mass is 19.1. The van der Waals surface area contributed by atoms with Crippen LogP contribution in [0.15, 0.2) is 12.1 Å². The number of amides is 1. The van der Waals surface area contributed by atoms with Crippen LogP contribution in [-0.2, 0) is 0 Å². The number of halogens is 2. The fraction of sp³-hybridized carbons (Fsp3) is 0.500. The summed E-state index contributed by atoms with van der Waals surface area (Å²) < 4.78 is 27.4. The van der Waals surface area contributed by atoms with Crippen molar-refractivity contribution in [3.05, 3.63) is 39.4 Å². The lowest BCUT2D eigenvalue weighted by atomic mass is 10.0. The van der Waals surface area contributed by atoms with Crippen LogP contribution in [0.2, 0.25) is 0 Å². The number of carbonyl (C=O) groups is 1. The Morgan fingerprint density at radius 2 is 2.05 bits per heavy atom. The Bertz CT molecular complexity index is 578. The van der Waals surface area contributed by atoms with Crippen LogP contribution in [-0.4, -0.2) is 28.8 Å². The van der Waals surface area contributed by atoms with Crippen molar-refractivity contribution in [1.29, 1.82) is 0 Å². The zero-order valence-corrected chi connectivity index (χ0v) is 11.6. The molecule has 0 N–H and O–H groups in total. The summed E-state index contributed by atoms with van der Waals surface area (Å²) in [6.07, 6.45) is 2.53. The van der Waals surface area contributed by atoms with Gasteiger partial charge < -0.3 is 4.90 Å².